The van der Waals surface area contributed by atoms with E-state index in [1.165, 1.54) is 12.1 Å². The maximum absolute atomic E-state index is 12.7. The topological polar surface area (TPSA) is 79.9 Å². The smallest absolute Gasteiger partial charge is 0.416 e. The van der Waals surface area contributed by atoms with Crippen molar-refractivity contribution in [3.8, 4) is 5.75 Å². The summed E-state index contributed by atoms with van der Waals surface area (Å²) in [5.41, 5.74) is 6.90. The van der Waals surface area contributed by atoms with Crippen molar-refractivity contribution in [3.05, 3.63) is 59.7 Å². The fraction of sp³-hybridized carbons (Fsp3) is 0.316. The van der Waals surface area contributed by atoms with Crippen LogP contribution < -0.4 is 15.8 Å². The number of guanidine groups is 1. The molecule has 0 saturated carbocycles. The number of anilines is 1. The van der Waals surface area contributed by atoms with Gasteiger partial charge in [-0.05, 0) is 42.3 Å². The minimum absolute atomic E-state index is 0. The van der Waals surface area contributed by atoms with Crippen molar-refractivity contribution in [2.45, 2.75) is 25.6 Å². The highest BCUT2D eigenvalue weighted by molar-refractivity contribution is 14.0. The van der Waals surface area contributed by atoms with Crippen LogP contribution in [0, 0.1) is 0 Å². The first-order valence-corrected chi connectivity index (χ1v) is 8.42. The zero-order valence-electron chi connectivity index (χ0n) is 15.2. The lowest BCUT2D eigenvalue weighted by Crippen LogP contribution is -2.27. The van der Waals surface area contributed by atoms with Gasteiger partial charge < -0.3 is 20.9 Å². The Bertz CT molecular complexity index is 785. The Balaban J connectivity index is 0.00000392. The molecule has 0 aliphatic heterocycles. The lowest BCUT2D eigenvalue weighted by molar-refractivity contribution is -0.137. The van der Waals surface area contributed by atoms with Gasteiger partial charge in [0.25, 0.3) is 0 Å². The predicted octanol–water partition coefficient (Wildman–Crippen LogP) is 4.05. The van der Waals surface area contributed by atoms with Crippen molar-refractivity contribution in [2.24, 2.45) is 10.7 Å². The number of aliphatic imine (C=N–C) groups is 1. The first-order chi connectivity index (χ1) is 12.8. The molecule has 0 saturated heterocycles. The van der Waals surface area contributed by atoms with Crippen LogP contribution in [-0.4, -0.2) is 30.3 Å². The second-order valence-corrected chi connectivity index (χ2v) is 5.90. The van der Waals surface area contributed by atoms with Crippen LogP contribution in [0.3, 0.4) is 0 Å². The van der Waals surface area contributed by atoms with Crippen LogP contribution in [0.15, 0.2) is 53.5 Å². The molecule has 0 bridgehead atoms. The van der Waals surface area contributed by atoms with E-state index in [9.17, 15) is 18.3 Å². The van der Waals surface area contributed by atoms with E-state index in [4.69, 9.17) is 10.5 Å². The number of rotatable bonds is 7. The average molecular weight is 509 g/mol. The Morgan fingerprint density at radius 3 is 2.61 bits per heavy atom. The highest BCUT2D eigenvalue weighted by Crippen LogP contribution is 2.31. The van der Waals surface area contributed by atoms with Gasteiger partial charge in [-0.15, -0.1) is 24.0 Å². The Hall–Kier alpha value is -2.01. The third-order valence-corrected chi connectivity index (χ3v) is 3.68. The Morgan fingerprint density at radius 2 is 1.93 bits per heavy atom. The SMILES string of the molecule is CCc1cccc(NC(N)=NCC(O)COc2cccc(C(F)(F)F)c2)c1.I. The van der Waals surface area contributed by atoms with Crippen molar-refractivity contribution in [3.63, 3.8) is 0 Å². The van der Waals surface area contributed by atoms with E-state index >= 15 is 0 Å². The molecule has 0 fully saturated rings. The van der Waals surface area contributed by atoms with Crippen molar-refractivity contribution >= 4 is 35.6 Å². The van der Waals surface area contributed by atoms with Crippen molar-refractivity contribution in [1.82, 2.24) is 0 Å². The summed E-state index contributed by atoms with van der Waals surface area (Å²) in [6.45, 7) is 1.78. The van der Waals surface area contributed by atoms with Gasteiger partial charge in [-0.25, -0.2) is 0 Å². The molecule has 1 unspecified atom stereocenters. The second-order valence-electron chi connectivity index (χ2n) is 5.90. The number of nitrogens with one attached hydrogen (secondary N) is 1. The number of alkyl halides is 3. The van der Waals surface area contributed by atoms with Gasteiger partial charge in [-0.1, -0.05) is 25.1 Å². The maximum atomic E-state index is 12.7. The monoisotopic (exact) mass is 509 g/mol. The molecule has 0 amide bonds. The Labute approximate surface area is 178 Å². The molecule has 5 nitrogen and oxygen atoms in total. The molecule has 9 heteroatoms. The molecule has 0 aliphatic carbocycles. The number of hydrogen-bond donors (Lipinski definition) is 3. The molecular weight excluding hydrogens is 486 g/mol. The molecule has 2 aromatic rings. The Kier molecular flexibility index (Phi) is 9.53. The summed E-state index contributed by atoms with van der Waals surface area (Å²) < 4.78 is 43.2. The fourth-order valence-corrected chi connectivity index (χ4v) is 2.27. The molecule has 1 atom stereocenters. The van der Waals surface area contributed by atoms with Crippen LogP contribution in [0.4, 0.5) is 18.9 Å². The Morgan fingerprint density at radius 1 is 1.21 bits per heavy atom. The molecular formula is C19H23F3IN3O2. The standard InChI is InChI=1S/C19H22F3N3O2.HI/c1-2-13-5-3-7-15(9-13)25-18(23)24-11-16(26)12-27-17-8-4-6-14(10-17)19(20,21)22;/h3-10,16,26H,2,11-12H2,1H3,(H3,23,24,25);1H. The van der Waals surface area contributed by atoms with Gasteiger partial charge in [0.1, 0.15) is 18.5 Å². The van der Waals surface area contributed by atoms with Gasteiger partial charge in [-0.2, -0.15) is 13.2 Å². The molecule has 154 valence electrons. The van der Waals surface area contributed by atoms with E-state index < -0.39 is 17.8 Å². The largest absolute Gasteiger partial charge is 0.491 e. The summed E-state index contributed by atoms with van der Waals surface area (Å²) in [6.07, 6.45) is -4.57. The maximum Gasteiger partial charge on any atom is 0.416 e. The molecule has 0 radical (unpaired) electrons. The molecule has 0 spiro atoms. The normalized spacial score (nSPS) is 12.8. The third kappa shape index (κ3) is 7.93. The van der Waals surface area contributed by atoms with E-state index in [2.05, 4.69) is 10.3 Å². The van der Waals surface area contributed by atoms with Gasteiger partial charge >= 0.3 is 6.18 Å². The number of nitrogens with two attached hydrogens (primary N) is 1. The van der Waals surface area contributed by atoms with Gasteiger partial charge in [-0.3, -0.25) is 4.99 Å². The predicted molar refractivity (Wildman–Crippen MR) is 114 cm³/mol. The number of benzene rings is 2. The minimum Gasteiger partial charge on any atom is -0.491 e. The second kappa shape index (κ2) is 11.1. The van der Waals surface area contributed by atoms with Crippen molar-refractivity contribution in [2.75, 3.05) is 18.5 Å². The number of aryl methyl sites for hydroxylation is 1. The summed E-state index contributed by atoms with van der Waals surface area (Å²) in [6, 6.07) is 12.1. The van der Waals surface area contributed by atoms with E-state index in [0.717, 1.165) is 29.8 Å². The summed E-state index contributed by atoms with van der Waals surface area (Å²) in [7, 11) is 0. The first-order valence-electron chi connectivity index (χ1n) is 8.42. The van der Waals surface area contributed by atoms with Crippen LogP contribution in [0.2, 0.25) is 0 Å². The van der Waals surface area contributed by atoms with Gasteiger partial charge in [0.15, 0.2) is 5.96 Å². The number of ether oxygens (including phenoxy) is 1. The minimum atomic E-state index is -4.45. The van der Waals surface area contributed by atoms with Crippen LogP contribution >= 0.6 is 24.0 Å². The first kappa shape index (κ1) is 24.0. The van der Waals surface area contributed by atoms with E-state index in [-0.39, 0.29) is 48.8 Å². The van der Waals surface area contributed by atoms with Crippen LogP contribution in [0.25, 0.3) is 0 Å². The zero-order valence-corrected chi connectivity index (χ0v) is 17.6. The molecule has 2 rings (SSSR count). The van der Waals surface area contributed by atoms with E-state index in [1.54, 1.807) is 0 Å². The summed E-state index contributed by atoms with van der Waals surface area (Å²) >= 11 is 0. The van der Waals surface area contributed by atoms with Crippen molar-refractivity contribution in [1.29, 1.82) is 0 Å². The zero-order chi connectivity index (χ0) is 19.9. The number of hydrogen-bond acceptors (Lipinski definition) is 3. The number of nitrogens with zero attached hydrogens (tertiary/aromatic N) is 1. The quantitative estimate of drug-likeness (QED) is 0.299. The summed E-state index contributed by atoms with van der Waals surface area (Å²) in [4.78, 5) is 4.02. The summed E-state index contributed by atoms with van der Waals surface area (Å²) in [5.74, 6) is 0.150. The fourth-order valence-electron chi connectivity index (χ4n) is 2.27. The lowest BCUT2D eigenvalue weighted by atomic mass is 10.1. The molecule has 4 N–H and O–H groups in total. The van der Waals surface area contributed by atoms with E-state index in [1.807, 2.05) is 31.2 Å². The van der Waals surface area contributed by atoms with Gasteiger partial charge in [0.2, 0.25) is 0 Å². The molecule has 2 aromatic carbocycles. The number of aliphatic hydroxyl groups excluding tert-OH is 1. The number of halogens is 4. The van der Waals surface area contributed by atoms with Crippen LogP contribution in [0.1, 0.15) is 18.1 Å². The number of aliphatic hydroxyl groups is 1. The average Bonchev–Trinajstić information content (AvgIpc) is 2.64. The van der Waals surface area contributed by atoms with Crippen molar-refractivity contribution < 1.29 is 23.0 Å². The van der Waals surface area contributed by atoms with Crippen LogP contribution in [0.5, 0.6) is 5.75 Å². The van der Waals surface area contributed by atoms with Gasteiger partial charge in [0.05, 0.1) is 12.1 Å². The van der Waals surface area contributed by atoms with Crippen LogP contribution in [-0.2, 0) is 12.6 Å². The van der Waals surface area contributed by atoms with Gasteiger partial charge in [0, 0.05) is 5.69 Å². The molecule has 0 aromatic heterocycles. The third-order valence-electron chi connectivity index (χ3n) is 3.68. The summed E-state index contributed by atoms with van der Waals surface area (Å²) in [5, 5.41) is 12.8. The molecule has 0 heterocycles. The van der Waals surface area contributed by atoms with E-state index in [0.29, 0.717) is 0 Å². The highest BCUT2D eigenvalue weighted by Gasteiger charge is 2.30. The highest BCUT2D eigenvalue weighted by atomic mass is 127. The molecule has 0 aliphatic rings. The molecule has 28 heavy (non-hydrogen) atoms. The lowest BCUT2D eigenvalue weighted by Gasteiger charge is -2.13.